The molecule has 0 fully saturated rings. The van der Waals surface area contributed by atoms with E-state index in [-0.39, 0.29) is 16.1 Å². The van der Waals surface area contributed by atoms with Gasteiger partial charge in [-0.1, -0.05) is 0 Å². The molecule has 62 valence electrons. The maximum atomic E-state index is 5.90. The minimum Gasteiger partial charge on any atom is -0.123 e. The fraction of sp³-hybridized carbons (Fsp3) is 1.00. The van der Waals surface area contributed by atoms with Crippen molar-refractivity contribution in [1.82, 2.24) is 0 Å². The lowest BCUT2D eigenvalue weighted by atomic mass is 10.1. The molecular formula is C7H13Cl3. The number of alkyl halides is 3. The fourth-order valence-electron chi connectivity index (χ4n) is 0.801. The molecule has 0 nitrogen and oxygen atoms in total. The Kier molecular flexibility index (Phi) is 5.99. The van der Waals surface area contributed by atoms with Gasteiger partial charge in [0.2, 0.25) is 0 Å². The zero-order valence-electron chi connectivity index (χ0n) is 6.28. The van der Waals surface area contributed by atoms with Crippen LogP contribution in [-0.4, -0.2) is 16.1 Å². The van der Waals surface area contributed by atoms with Gasteiger partial charge in [-0.25, -0.2) is 0 Å². The summed E-state index contributed by atoms with van der Waals surface area (Å²) in [7, 11) is 0. The van der Waals surface area contributed by atoms with Crippen LogP contribution in [0.1, 0.15) is 26.7 Å². The number of hydrogen-bond acceptors (Lipinski definition) is 0. The van der Waals surface area contributed by atoms with Crippen LogP contribution in [0.25, 0.3) is 0 Å². The van der Waals surface area contributed by atoms with Crippen molar-refractivity contribution >= 4 is 34.8 Å². The average molecular weight is 204 g/mol. The van der Waals surface area contributed by atoms with E-state index in [1.54, 1.807) is 0 Å². The fourth-order valence-corrected chi connectivity index (χ4v) is 1.95. The van der Waals surface area contributed by atoms with Gasteiger partial charge in [0.25, 0.3) is 0 Å². The van der Waals surface area contributed by atoms with Crippen molar-refractivity contribution in [1.29, 1.82) is 0 Å². The van der Waals surface area contributed by atoms with E-state index in [0.717, 1.165) is 12.8 Å². The lowest BCUT2D eigenvalue weighted by molar-refractivity contribution is 0.674. The van der Waals surface area contributed by atoms with Crippen LogP contribution >= 0.6 is 34.8 Å². The van der Waals surface area contributed by atoms with Gasteiger partial charge in [-0.2, -0.15) is 0 Å². The van der Waals surface area contributed by atoms with Crippen molar-refractivity contribution in [2.24, 2.45) is 0 Å². The second-order valence-electron chi connectivity index (χ2n) is 2.63. The highest BCUT2D eigenvalue weighted by atomic mass is 35.5. The smallest absolute Gasteiger partial charge is 0.0363 e. The van der Waals surface area contributed by atoms with Crippen molar-refractivity contribution in [3.8, 4) is 0 Å². The zero-order chi connectivity index (χ0) is 8.15. The minimum absolute atomic E-state index is 0.125. The molecule has 0 bridgehead atoms. The molecule has 3 heteroatoms. The van der Waals surface area contributed by atoms with Crippen LogP contribution in [0.2, 0.25) is 0 Å². The summed E-state index contributed by atoms with van der Waals surface area (Å²) in [6.07, 6.45) is 1.67. The van der Waals surface area contributed by atoms with Gasteiger partial charge < -0.3 is 0 Å². The molecule has 0 rings (SSSR count). The van der Waals surface area contributed by atoms with Gasteiger partial charge in [0.05, 0.1) is 0 Å². The topological polar surface area (TPSA) is 0 Å². The summed E-state index contributed by atoms with van der Waals surface area (Å²) in [5, 5.41) is 0.427. The van der Waals surface area contributed by atoms with Crippen LogP contribution < -0.4 is 0 Å². The summed E-state index contributed by atoms with van der Waals surface area (Å²) in [5.74, 6) is 0. The van der Waals surface area contributed by atoms with Crippen LogP contribution in [0.15, 0.2) is 0 Å². The molecule has 0 aromatic rings. The predicted octanol–water partition coefficient (Wildman–Crippen LogP) is 3.63. The Bertz CT molecular complexity index is 70.9. The second kappa shape index (κ2) is 5.51. The predicted molar refractivity (Wildman–Crippen MR) is 49.5 cm³/mol. The Hall–Kier alpha value is 0.870. The summed E-state index contributed by atoms with van der Waals surface area (Å²) < 4.78 is 0. The number of rotatable bonds is 4. The van der Waals surface area contributed by atoms with Crippen LogP contribution in [0, 0.1) is 0 Å². The van der Waals surface area contributed by atoms with E-state index < -0.39 is 0 Å². The van der Waals surface area contributed by atoms with Gasteiger partial charge in [0.15, 0.2) is 0 Å². The lowest BCUT2D eigenvalue weighted by Gasteiger charge is -2.11. The van der Waals surface area contributed by atoms with E-state index in [1.165, 1.54) is 0 Å². The molecule has 0 saturated heterocycles. The maximum absolute atomic E-state index is 5.90. The van der Waals surface area contributed by atoms with Crippen molar-refractivity contribution in [2.45, 2.75) is 42.8 Å². The van der Waals surface area contributed by atoms with Gasteiger partial charge in [0, 0.05) is 16.1 Å². The average Bonchev–Trinajstić information content (AvgIpc) is 1.58. The Morgan fingerprint density at radius 1 is 0.900 bits per heavy atom. The second-order valence-corrected chi connectivity index (χ2v) is 4.74. The van der Waals surface area contributed by atoms with Gasteiger partial charge in [-0.15, -0.1) is 34.8 Å². The minimum atomic E-state index is 0.125. The van der Waals surface area contributed by atoms with Gasteiger partial charge in [0.1, 0.15) is 0 Å². The molecule has 0 amide bonds. The Morgan fingerprint density at radius 3 is 1.40 bits per heavy atom. The molecule has 0 N–H and O–H groups in total. The van der Waals surface area contributed by atoms with Crippen LogP contribution in [0.3, 0.4) is 0 Å². The number of hydrogen-bond donors (Lipinski definition) is 0. The van der Waals surface area contributed by atoms with Gasteiger partial charge >= 0.3 is 0 Å². The molecule has 0 aromatic carbocycles. The Morgan fingerprint density at radius 2 is 1.20 bits per heavy atom. The van der Waals surface area contributed by atoms with E-state index in [0.29, 0.717) is 0 Å². The van der Waals surface area contributed by atoms with Crippen molar-refractivity contribution in [3.05, 3.63) is 0 Å². The van der Waals surface area contributed by atoms with Crippen LogP contribution in [0.5, 0.6) is 0 Å². The standard InChI is InChI=1S/C7H13Cl3/c1-5(8)3-7(10)4-6(2)9/h5-7H,3-4H2,1-2H3. The van der Waals surface area contributed by atoms with E-state index in [4.69, 9.17) is 34.8 Å². The highest BCUT2D eigenvalue weighted by Crippen LogP contribution is 2.17. The normalized spacial score (nSPS) is 20.1. The molecule has 0 aromatic heterocycles. The van der Waals surface area contributed by atoms with Crippen LogP contribution in [-0.2, 0) is 0 Å². The SMILES string of the molecule is CC(Cl)CC(Cl)CC(C)Cl. The third-order valence-corrected chi connectivity index (χ3v) is 1.87. The molecular weight excluding hydrogens is 190 g/mol. The van der Waals surface area contributed by atoms with E-state index in [2.05, 4.69) is 0 Å². The molecule has 0 aliphatic rings. The van der Waals surface area contributed by atoms with Gasteiger partial charge in [-0.3, -0.25) is 0 Å². The van der Waals surface area contributed by atoms with Gasteiger partial charge in [-0.05, 0) is 26.7 Å². The molecule has 0 heterocycles. The van der Waals surface area contributed by atoms with E-state index in [9.17, 15) is 0 Å². The van der Waals surface area contributed by atoms with E-state index >= 15 is 0 Å². The van der Waals surface area contributed by atoms with Crippen molar-refractivity contribution in [3.63, 3.8) is 0 Å². The van der Waals surface area contributed by atoms with Crippen LogP contribution in [0.4, 0.5) is 0 Å². The van der Waals surface area contributed by atoms with E-state index in [1.807, 2.05) is 13.8 Å². The third-order valence-electron chi connectivity index (χ3n) is 1.16. The summed E-state index contributed by atoms with van der Waals surface area (Å²) in [5.41, 5.74) is 0. The first-order chi connectivity index (χ1) is 4.52. The lowest BCUT2D eigenvalue weighted by Crippen LogP contribution is -2.09. The first-order valence-corrected chi connectivity index (χ1v) is 4.75. The molecule has 0 aliphatic carbocycles. The third kappa shape index (κ3) is 6.98. The highest BCUT2D eigenvalue weighted by Gasteiger charge is 2.10. The summed E-state index contributed by atoms with van der Waals surface area (Å²) in [6, 6.07) is 0. The maximum Gasteiger partial charge on any atom is 0.0363 e. The zero-order valence-corrected chi connectivity index (χ0v) is 8.55. The largest absolute Gasteiger partial charge is 0.123 e. The molecule has 0 radical (unpaired) electrons. The quantitative estimate of drug-likeness (QED) is 0.612. The molecule has 0 saturated carbocycles. The van der Waals surface area contributed by atoms with Crippen molar-refractivity contribution in [2.75, 3.05) is 0 Å². The molecule has 0 aliphatic heterocycles. The Labute approximate surface area is 77.8 Å². The summed E-state index contributed by atoms with van der Waals surface area (Å²) in [4.78, 5) is 0. The summed E-state index contributed by atoms with van der Waals surface area (Å²) >= 11 is 17.4. The number of halogens is 3. The molecule has 10 heavy (non-hydrogen) atoms. The monoisotopic (exact) mass is 202 g/mol. The molecule has 2 atom stereocenters. The molecule has 2 unspecified atom stereocenters. The highest BCUT2D eigenvalue weighted by molar-refractivity contribution is 6.24. The Balaban J connectivity index is 3.34. The summed E-state index contributed by atoms with van der Waals surface area (Å²) in [6.45, 7) is 3.88. The molecule has 0 spiro atoms. The first kappa shape index (κ1) is 10.9. The first-order valence-electron chi connectivity index (χ1n) is 3.44. The van der Waals surface area contributed by atoms with Crippen molar-refractivity contribution < 1.29 is 0 Å².